The molecular formula is C30H39NO9. The average molecular weight is 558 g/mol. The van der Waals surface area contributed by atoms with Crippen molar-refractivity contribution in [3.8, 4) is 17.2 Å². The molecule has 1 N–H and O–H groups in total. The predicted octanol–water partition coefficient (Wildman–Crippen LogP) is 4.87. The van der Waals surface area contributed by atoms with E-state index in [1.54, 1.807) is 90.9 Å². The maximum Gasteiger partial charge on any atom is 0.514 e. The third-order valence-electron chi connectivity index (χ3n) is 5.46. The largest absolute Gasteiger partial charge is 0.514 e. The van der Waals surface area contributed by atoms with Gasteiger partial charge in [0.1, 0.15) is 17.9 Å². The minimum absolute atomic E-state index is 0.0546. The molecule has 40 heavy (non-hydrogen) atoms. The Kier molecular flexibility index (Phi) is 11.2. The third-order valence-corrected chi connectivity index (χ3v) is 5.46. The fourth-order valence-corrected chi connectivity index (χ4v) is 3.09. The summed E-state index contributed by atoms with van der Waals surface area (Å²) in [5.74, 6) is -1.08. The molecule has 0 fully saturated rings. The lowest BCUT2D eigenvalue weighted by molar-refractivity contribution is -0.145. The van der Waals surface area contributed by atoms with Crippen molar-refractivity contribution in [3.63, 3.8) is 0 Å². The van der Waals surface area contributed by atoms with E-state index in [0.717, 1.165) is 0 Å². The zero-order chi connectivity index (χ0) is 30.1. The zero-order valence-electron chi connectivity index (χ0n) is 24.4. The second-order valence-corrected chi connectivity index (χ2v) is 11.3. The Morgan fingerprint density at radius 3 is 1.93 bits per heavy atom. The molecule has 2 atom stereocenters. The van der Waals surface area contributed by atoms with Crippen LogP contribution in [-0.4, -0.2) is 49.9 Å². The first-order valence-electron chi connectivity index (χ1n) is 12.9. The van der Waals surface area contributed by atoms with E-state index in [2.05, 4.69) is 5.32 Å². The summed E-state index contributed by atoms with van der Waals surface area (Å²) in [4.78, 5) is 49.8. The van der Waals surface area contributed by atoms with Crippen LogP contribution in [0.1, 0.15) is 54.0 Å². The smallest absolute Gasteiger partial charge is 0.468 e. The first-order valence-corrected chi connectivity index (χ1v) is 12.9. The van der Waals surface area contributed by atoms with Crippen molar-refractivity contribution in [2.45, 2.75) is 67.0 Å². The summed E-state index contributed by atoms with van der Waals surface area (Å²) in [7, 11) is 1.26. The normalized spacial score (nSPS) is 13.0. The molecule has 0 aliphatic heterocycles. The Morgan fingerprint density at radius 1 is 0.800 bits per heavy atom. The van der Waals surface area contributed by atoms with Gasteiger partial charge in [-0.2, -0.15) is 0 Å². The summed E-state index contributed by atoms with van der Waals surface area (Å²) in [6, 6.07) is 12.4. The molecule has 1 unspecified atom stereocenters. The highest BCUT2D eigenvalue weighted by Crippen LogP contribution is 2.33. The predicted molar refractivity (Wildman–Crippen MR) is 147 cm³/mol. The van der Waals surface area contributed by atoms with Gasteiger partial charge in [-0.05, 0) is 84.7 Å². The van der Waals surface area contributed by atoms with Crippen LogP contribution in [0.5, 0.6) is 17.2 Å². The molecule has 0 radical (unpaired) electrons. The molecule has 0 aliphatic carbocycles. The second-order valence-electron chi connectivity index (χ2n) is 11.3. The number of methoxy groups -OCH3 is 1. The summed E-state index contributed by atoms with van der Waals surface area (Å²) < 4.78 is 26.5. The highest BCUT2D eigenvalue weighted by molar-refractivity contribution is 5.81. The molecular weight excluding hydrogens is 518 g/mol. The molecule has 2 rings (SSSR count). The number of esters is 3. The number of carbonyl (C=O) groups is 4. The lowest BCUT2D eigenvalue weighted by Crippen LogP contribution is -2.43. The SMILES string of the molecule is COC(=O)[C@H](Cc1ccc(OC(=O)C(C)(C)C)c(OC(=O)C(C)(C)C)c1)NCC(C)OC(=O)Oc1ccccc1. The van der Waals surface area contributed by atoms with Crippen molar-refractivity contribution in [3.05, 3.63) is 54.1 Å². The van der Waals surface area contributed by atoms with E-state index in [1.165, 1.54) is 13.2 Å². The monoisotopic (exact) mass is 557 g/mol. The number of rotatable bonds is 10. The lowest BCUT2D eigenvalue weighted by atomic mass is 9.97. The molecule has 2 aromatic carbocycles. The summed E-state index contributed by atoms with van der Waals surface area (Å²) >= 11 is 0. The molecule has 0 bridgehead atoms. The molecule has 0 saturated carbocycles. The maximum absolute atomic E-state index is 12.6. The lowest BCUT2D eigenvalue weighted by Gasteiger charge is -2.22. The summed E-state index contributed by atoms with van der Waals surface area (Å²) in [5, 5.41) is 3.04. The molecule has 10 nitrogen and oxygen atoms in total. The van der Waals surface area contributed by atoms with Crippen molar-refractivity contribution in [1.82, 2.24) is 5.32 Å². The van der Waals surface area contributed by atoms with E-state index >= 15 is 0 Å². The molecule has 0 spiro atoms. The van der Waals surface area contributed by atoms with Gasteiger partial charge in [0.05, 0.1) is 17.9 Å². The van der Waals surface area contributed by atoms with Gasteiger partial charge in [0.2, 0.25) is 0 Å². The van der Waals surface area contributed by atoms with E-state index in [0.29, 0.717) is 11.3 Å². The Morgan fingerprint density at radius 2 is 1.38 bits per heavy atom. The highest BCUT2D eigenvalue weighted by atomic mass is 16.7. The number of benzene rings is 2. The van der Waals surface area contributed by atoms with Gasteiger partial charge < -0.3 is 29.0 Å². The van der Waals surface area contributed by atoms with Gasteiger partial charge in [0, 0.05) is 6.54 Å². The number of para-hydroxylation sites is 1. The first-order chi connectivity index (χ1) is 18.6. The minimum atomic E-state index is -0.874. The molecule has 0 amide bonds. The molecule has 0 aliphatic rings. The number of hydrogen-bond donors (Lipinski definition) is 1. The van der Waals surface area contributed by atoms with Crippen molar-refractivity contribution in [2.75, 3.05) is 13.7 Å². The minimum Gasteiger partial charge on any atom is -0.468 e. The van der Waals surface area contributed by atoms with Crippen molar-refractivity contribution >= 4 is 24.1 Å². The number of ether oxygens (including phenoxy) is 5. The van der Waals surface area contributed by atoms with Crippen LogP contribution in [0, 0.1) is 10.8 Å². The summed E-state index contributed by atoms with van der Waals surface area (Å²) in [6.07, 6.45) is -1.37. The fraction of sp³-hybridized carbons (Fsp3) is 0.467. The van der Waals surface area contributed by atoms with E-state index in [1.807, 2.05) is 0 Å². The van der Waals surface area contributed by atoms with Crippen LogP contribution in [0.4, 0.5) is 4.79 Å². The molecule has 218 valence electrons. The van der Waals surface area contributed by atoms with Crippen LogP contribution in [0.15, 0.2) is 48.5 Å². The van der Waals surface area contributed by atoms with Gasteiger partial charge in [0.25, 0.3) is 0 Å². The van der Waals surface area contributed by atoms with Gasteiger partial charge in [0.15, 0.2) is 11.5 Å². The second kappa shape index (κ2) is 13.9. The Hall–Kier alpha value is -3.92. The molecule has 0 heterocycles. The van der Waals surface area contributed by atoms with E-state index in [9.17, 15) is 19.2 Å². The van der Waals surface area contributed by atoms with E-state index in [-0.39, 0.29) is 24.5 Å². The highest BCUT2D eigenvalue weighted by Gasteiger charge is 2.29. The molecule has 0 aromatic heterocycles. The third kappa shape index (κ3) is 10.3. The Balaban J connectivity index is 2.16. The Bertz CT molecular complexity index is 1180. The number of carbonyl (C=O) groups excluding carboxylic acids is 4. The molecule has 10 heteroatoms. The molecule has 2 aromatic rings. The topological polar surface area (TPSA) is 126 Å². The van der Waals surface area contributed by atoms with Crippen molar-refractivity contribution in [1.29, 1.82) is 0 Å². The van der Waals surface area contributed by atoms with Gasteiger partial charge in [-0.15, -0.1) is 0 Å². The quantitative estimate of drug-likeness (QED) is 0.246. The van der Waals surface area contributed by atoms with Gasteiger partial charge in [-0.25, -0.2) is 4.79 Å². The summed E-state index contributed by atoms with van der Waals surface area (Å²) in [6.45, 7) is 12.0. The van der Waals surface area contributed by atoms with Gasteiger partial charge in [-0.1, -0.05) is 24.3 Å². The standard InChI is InChI=1S/C30H39NO9/c1-19(37-28(35)38-21-12-10-9-11-13-21)18-31-22(25(32)36-8)16-20-14-15-23(39-26(33)29(2,3)4)24(17-20)40-27(34)30(5,6)7/h9-15,17,19,22,31H,16,18H2,1-8H3/t19?,22-/m0/s1. The van der Waals surface area contributed by atoms with E-state index < -0.39 is 47.0 Å². The van der Waals surface area contributed by atoms with E-state index in [4.69, 9.17) is 23.7 Å². The van der Waals surface area contributed by atoms with Gasteiger partial charge in [-0.3, -0.25) is 14.4 Å². The number of hydrogen-bond acceptors (Lipinski definition) is 10. The average Bonchev–Trinajstić information content (AvgIpc) is 2.86. The van der Waals surface area contributed by atoms with Crippen LogP contribution in [0.25, 0.3) is 0 Å². The zero-order valence-corrected chi connectivity index (χ0v) is 24.4. The maximum atomic E-state index is 12.6. The van der Waals surface area contributed by atoms with Crippen molar-refractivity contribution in [2.24, 2.45) is 10.8 Å². The van der Waals surface area contributed by atoms with Crippen LogP contribution >= 0.6 is 0 Å². The van der Waals surface area contributed by atoms with Crippen LogP contribution < -0.4 is 19.5 Å². The Labute approximate surface area is 235 Å². The molecule has 0 saturated heterocycles. The number of nitrogens with one attached hydrogen (secondary N) is 1. The summed E-state index contributed by atoms with van der Waals surface area (Å²) in [5.41, 5.74) is -0.988. The van der Waals surface area contributed by atoms with Crippen LogP contribution in [0.2, 0.25) is 0 Å². The first kappa shape index (κ1) is 32.3. The van der Waals surface area contributed by atoms with Crippen LogP contribution in [0.3, 0.4) is 0 Å². The van der Waals surface area contributed by atoms with Gasteiger partial charge >= 0.3 is 24.1 Å². The van der Waals surface area contributed by atoms with Crippen molar-refractivity contribution < 1.29 is 42.9 Å². The van der Waals surface area contributed by atoms with Crippen LogP contribution in [-0.2, 0) is 30.3 Å². The fourth-order valence-electron chi connectivity index (χ4n) is 3.09.